The highest BCUT2D eigenvalue weighted by atomic mass is 15.2. The summed E-state index contributed by atoms with van der Waals surface area (Å²) < 4.78 is 0. The van der Waals surface area contributed by atoms with Crippen LogP contribution in [-0.4, -0.2) is 6.71 Å². The third-order valence-corrected chi connectivity index (χ3v) is 14.0. The van der Waals surface area contributed by atoms with E-state index in [-0.39, 0.29) is 12.5 Å². The molecule has 0 amide bonds. The summed E-state index contributed by atoms with van der Waals surface area (Å²) in [5.41, 5.74) is 18.0. The van der Waals surface area contributed by atoms with Crippen LogP contribution in [0.15, 0.2) is 218 Å². The third-order valence-electron chi connectivity index (χ3n) is 14.0. The molecule has 11 aromatic carbocycles. The fourth-order valence-electron chi connectivity index (χ4n) is 11.4. The van der Waals surface area contributed by atoms with Gasteiger partial charge in [-0.3, -0.25) is 0 Å². The van der Waals surface area contributed by atoms with Gasteiger partial charge in [0.2, 0.25) is 6.71 Å². The highest BCUT2D eigenvalue weighted by Crippen LogP contribution is 2.56. The minimum Gasteiger partial charge on any atom is -0.311 e. The molecule has 3 heteroatoms. The Kier molecular flexibility index (Phi) is 7.01. The summed E-state index contributed by atoms with van der Waals surface area (Å²) in [5.74, 6) is 0.185. The summed E-state index contributed by atoms with van der Waals surface area (Å²) in [6.07, 6.45) is 0. The van der Waals surface area contributed by atoms with E-state index in [1.807, 2.05) is 0 Å². The van der Waals surface area contributed by atoms with Crippen LogP contribution in [0.5, 0.6) is 0 Å². The average Bonchev–Trinajstić information content (AvgIpc) is 3.67. The second-order valence-corrected chi connectivity index (χ2v) is 17.3. The van der Waals surface area contributed by atoms with Crippen LogP contribution in [0.4, 0.5) is 34.1 Å². The lowest BCUT2D eigenvalue weighted by molar-refractivity contribution is 1.15. The van der Waals surface area contributed by atoms with Crippen molar-refractivity contribution in [1.29, 1.82) is 0 Å². The predicted octanol–water partition coefficient (Wildman–Crippen LogP) is 14.5. The van der Waals surface area contributed by atoms with Crippen molar-refractivity contribution < 1.29 is 0 Å². The van der Waals surface area contributed by atoms with E-state index in [2.05, 4.69) is 228 Å². The highest BCUT2D eigenvalue weighted by molar-refractivity contribution is 6.91. The molecule has 2 heterocycles. The number of anilines is 6. The quantitative estimate of drug-likeness (QED) is 0.164. The number of hydrogen-bond acceptors (Lipinski definition) is 2. The normalized spacial score (nSPS) is 14.2. The van der Waals surface area contributed by atoms with Crippen molar-refractivity contribution >= 4 is 94.9 Å². The summed E-state index contributed by atoms with van der Waals surface area (Å²) in [4.78, 5) is 5.07. The van der Waals surface area contributed by atoms with Crippen molar-refractivity contribution in [3.63, 3.8) is 0 Å². The molecule has 286 valence electrons. The molecule has 0 bridgehead atoms. The van der Waals surface area contributed by atoms with Crippen molar-refractivity contribution in [1.82, 2.24) is 0 Å². The van der Waals surface area contributed by atoms with E-state index >= 15 is 0 Å². The minimum atomic E-state index is 0.109. The molecule has 1 aliphatic carbocycles. The SMILES string of the molecule is c1ccc2c(c1)-c1cccc3c1C2B1c2cc4ccccc4cc2N(c2ccc4ccccc4c2)c2cc(N(c4ccc5ccccc5c4)c4ccc5ccccc5c4)cc-3c21. The first-order valence-electron chi connectivity index (χ1n) is 21.7. The van der Waals surface area contributed by atoms with Gasteiger partial charge in [0, 0.05) is 34.1 Å². The number of hydrogen-bond donors (Lipinski definition) is 0. The van der Waals surface area contributed by atoms with E-state index in [4.69, 9.17) is 0 Å². The van der Waals surface area contributed by atoms with Crippen molar-refractivity contribution in [3.05, 3.63) is 230 Å². The maximum Gasteiger partial charge on any atom is 0.227 e. The van der Waals surface area contributed by atoms with Crippen molar-refractivity contribution in [2.45, 2.75) is 5.82 Å². The minimum absolute atomic E-state index is 0.109. The van der Waals surface area contributed by atoms with Crippen LogP contribution >= 0.6 is 0 Å². The third kappa shape index (κ3) is 4.82. The Morgan fingerprint density at radius 2 is 0.871 bits per heavy atom. The first-order chi connectivity index (χ1) is 30.7. The van der Waals surface area contributed by atoms with Gasteiger partial charge in [-0.1, -0.05) is 164 Å². The zero-order valence-corrected chi connectivity index (χ0v) is 33.8. The number of rotatable bonds is 4. The first kappa shape index (κ1) is 33.9. The number of fused-ring (bicyclic) bond motifs is 11. The van der Waals surface area contributed by atoms with Crippen LogP contribution in [0.25, 0.3) is 65.3 Å². The largest absolute Gasteiger partial charge is 0.311 e. The zero-order chi connectivity index (χ0) is 40.5. The van der Waals surface area contributed by atoms with E-state index < -0.39 is 0 Å². The molecule has 0 radical (unpaired) electrons. The van der Waals surface area contributed by atoms with Gasteiger partial charge in [0.15, 0.2) is 0 Å². The molecule has 3 aliphatic rings. The Labute approximate surface area is 360 Å². The van der Waals surface area contributed by atoms with Crippen LogP contribution in [-0.2, 0) is 0 Å². The maximum atomic E-state index is 2.59. The number of nitrogens with zero attached hydrogens (tertiary/aromatic N) is 2. The Morgan fingerprint density at radius 3 is 1.53 bits per heavy atom. The van der Waals surface area contributed by atoms with Crippen molar-refractivity contribution in [2.24, 2.45) is 0 Å². The van der Waals surface area contributed by atoms with Gasteiger partial charge in [-0.25, -0.2) is 0 Å². The lowest BCUT2D eigenvalue weighted by atomic mass is 9.28. The van der Waals surface area contributed by atoms with Gasteiger partial charge in [-0.05, 0) is 148 Å². The van der Waals surface area contributed by atoms with Gasteiger partial charge in [-0.15, -0.1) is 0 Å². The van der Waals surface area contributed by atoms with Gasteiger partial charge >= 0.3 is 0 Å². The topological polar surface area (TPSA) is 6.48 Å². The van der Waals surface area contributed by atoms with E-state index in [9.17, 15) is 0 Å². The Hall–Kier alpha value is -7.88. The molecular weight excluding hydrogens is 747 g/mol. The standard InChI is InChI=1S/C59H37BN2/c1-4-15-40-30-45(27-24-37(40)12-1)61(46-28-25-38-13-2-5-16-41(38)31-46)48-35-53-51-23-11-22-50-49-20-9-10-21-52(49)59(57(50)51)60-54-33-43-18-7-8-19-44(43)34-55(54)62(56(36-48)58(53)60)47-29-26-39-14-3-6-17-42(39)32-47/h1-36,59H. The van der Waals surface area contributed by atoms with Gasteiger partial charge < -0.3 is 9.80 Å². The molecule has 0 N–H and O–H groups in total. The first-order valence-corrected chi connectivity index (χ1v) is 21.7. The summed E-state index contributed by atoms with van der Waals surface area (Å²) in [6.45, 7) is 0.109. The molecule has 14 rings (SSSR count). The molecular formula is C59H37BN2. The molecule has 1 atom stereocenters. The zero-order valence-electron chi connectivity index (χ0n) is 33.8. The molecule has 62 heavy (non-hydrogen) atoms. The molecule has 2 nitrogen and oxygen atoms in total. The summed E-state index contributed by atoms with van der Waals surface area (Å²) in [6, 6.07) is 82.1. The fourth-order valence-corrected chi connectivity index (χ4v) is 11.4. The Bertz CT molecular complexity index is 3620. The second kappa shape index (κ2) is 12.8. The maximum absolute atomic E-state index is 2.59. The predicted molar refractivity (Wildman–Crippen MR) is 264 cm³/mol. The second-order valence-electron chi connectivity index (χ2n) is 17.3. The van der Waals surface area contributed by atoms with Crippen LogP contribution < -0.4 is 20.7 Å². The van der Waals surface area contributed by atoms with E-state index in [0.29, 0.717) is 0 Å². The summed E-state index contributed by atoms with van der Waals surface area (Å²) in [5, 5.41) is 9.89. The van der Waals surface area contributed by atoms with Crippen LogP contribution in [0, 0.1) is 0 Å². The smallest absolute Gasteiger partial charge is 0.227 e. The lowest BCUT2D eigenvalue weighted by Gasteiger charge is -2.44. The molecule has 0 fully saturated rings. The van der Waals surface area contributed by atoms with Gasteiger partial charge in [0.05, 0.1) is 0 Å². The van der Waals surface area contributed by atoms with Crippen molar-refractivity contribution in [3.8, 4) is 22.3 Å². The van der Waals surface area contributed by atoms with Gasteiger partial charge in [-0.2, -0.15) is 0 Å². The molecule has 0 aromatic heterocycles. The molecule has 1 unspecified atom stereocenters. The molecule has 2 aliphatic heterocycles. The lowest BCUT2D eigenvalue weighted by Crippen LogP contribution is -2.56. The van der Waals surface area contributed by atoms with Crippen LogP contribution in [0.1, 0.15) is 16.9 Å². The van der Waals surface area contributed by atoms with E-state index in [1.54, 1.807) is 0 Å². The Balaban J connectivity index is 1.12. The van der Waals surface area contributed by atoms with E-state index in [1.165, 1.54) is 98.8 Å². The summed E-state index contributed by atoms with van der Waals surface area (Å²) in [7, 11) is 0. The van der Waals surface area contributed by atoms with E-state index in [0.717, 1.165) is 22.7 Å². The molecule has 0 saturated heterocycles. The Morgan fingerprint density at radius 1 is 0.355 bits per heavy atom. The molecule has 0 spiro atoms. The van der Waals surface area contributed by atoms with Crippen molar-refractivity contribution in [2.75, 3.05) is 9.80 Å². The van der Waals surface area contributed by atoms with Crippen LogP contribution in [0.2, 0.25) is 0 Å². The highest BCUT2D eigenvalue weighted by Gasteiger charge is 2.49. The van der Waals surface area contributed by atoms with Crippen LogP contribution in [0.3, 0.4) is 0 Å². The van der Waals surface area contributed by atoms with Gasteiger partial charge in [0.25, 0.3) is 0 Å². The molecule has 11 aromatic rings. The fraction of sp³-hybridized carbons (Fsp3) is 0.0169. The molecule has 0 saturated carbocycles. The van der Waals surface area contributed by atoms with Gasteiger partial charge in [0.1, 0.15) is 0 Å². The summed E-state index contributed by atoms with van der Waals surface area (Å²) >= 11 is 0. The average molecular weight is 785 g/mol. The number of benzene rings is 11. The monoisotopic (exact) mass is 784 g/mol.